The summed E-state index contributed by atoms with van der Waals surface area (Å²) >= 11 is 12.9. The molecule has 0 aliphatic carbocycles. The van der Waals surface area contributed by atoms with E-state index in [0.717, 1.165) is 33.3 Å². The van der Waals surface area contributed by atoms with E-state index in [1.54, 1.807) is 24.4 Å². The monoisotopic (exact) mass is 405 g/mol. The highest BCUT2D eigenvalue weighted by molar-refractivity contribution is 6.45. The zero-order valence-electron chi connectivity index (χ0n) is 14.6. The average molecular weight is 406 g/mol. The van der Waals surface area contributed by atoms with Gasteiger partial charge in [-0.1, -0.05) is 23.2 Å². The maximum atomic E-state index is 12.0. The van der Waals surface area contributed by atoms with Crippen LogP contribution in [0.15, 0.2) is 24.5 Å². The molecule has 0 fully saturated rings. The fourth-order valence-corrected chi connectivity index (χ4v) is 4.03. The van der Waals surface area contributed by atoms with Crippen molar-refractivity contribution in [2.75, 3.05) is 20.3 Å². The Bertz CT molecular complexity index is 1050. The summed E-state index contributed by atoms with van der Waals surface area (Å²) in [5.41, 5.74) is 4.43. The Morgan fingerprint density at radius 1 is 1.41 bits per heavy atom. The van der Waals surface area contributed by atoms with Gasteiger partial charge in [0.15, 0.2) is 0 Å². The van der Waals surface area contributed by atoms with Crippen LogP contribution < -0.4 is 4.74 Å². The van der Waals surface area contributed by atoms with E-state index in [2.05, 4.69) is 9.97 Å². The Hall–Kier alpha value is -2.28. The number of pyridine rings is 1. The molecule has 1 aromatic carbocycles. The maximum Gasteiger partial charge on any atom is 0.248 e. The summed E-state index contributed by atoms with van der Waals surface area (Å²) < 4.78 is 5.47. The highest BCUT2D eigenvalue weighted by Gasteiger charge is 2.27. The molecule has 2 N–H and O–H groups in total. The lowest BCUT2D eigenvalue weighted by Gasteiger charge is -2.27. The minimum atomic E-state index is -0.505. The Kier molecular flexibility index (Phi) is 4.72. The quantitative estimate of drug-likeness (QED) is 0.699. The van der Waals surface area contributed by atoms with E-state index in [1.165, 1.54) is 0 Å². The van der Waals surface area contributed by atoms with Gasteiger partial charge in [-0.3, -0.25) is 9.78 Å². The van der Waals surface area contributed by atoms with Crippen molar-refractivity contribution >= 4 is 40.0 Å². The first-order valence-corrected chi connectivity index (χ1v) is 9.19. The third-order valence-electron chi connectivity index (χ3n) is 4.92. The SMILES string of the molecule is COc1cnccc1-c1cc(Cl)c(Cl)c2[nH]c3c(c12)CN(C(=O)CO)CC3. The van der Waals surface area contributed by atoms with Gasteiger partial charge in [0.1, 0.15) is 12.4 Å². The number of nitrogens with zero attached hydrogens (tertiary/aromatic N) is 2. The minimum Gasteiger partial charge on any atom is -0.494 e. The van der Waals surface area contributed by atoms with Crippen LogP contribution >= 0.6 is 23.2 Å². The first-order chi connectivity index (χ1) is 13.0. The van der Waals surface area contributed by atoms with Gasteiger partial charge in [0.2, 0.25) is 5.91 Å². The van der Waals surface area contributed by atoms with Crippen molar-refractivity contribution in [2.45, 2.75) is 13.0 Å². The van der Waals surface area contributed by atoms with Gasteiger partial charge in [-0.25, -0.2) is 0 Å². The van der Waals surface area contributed by atoms with Gasteiger partial charge < -0.3 is 19.7 Å². The molecule has 8 heteroatoms. The molecule has 0 unspecified atom stereocenters. The summed E-state index contributed by atoms with van der Waals surface area (Å²) in [7, 11) is 1.59. The molecular formula is C19H17Cl2N3O3. The van der Waals surface area contributed by atoms with Crippen LogP contribution in [0.5, 0.6) is 5.75 Å². The Balaban J connectivity index is 1.99. The largest absolute Gasteiger partial charge is 0.494 e. The molecule has 1 aliphatic rings. The minimum absolute atomic E-state index is 0.293. The molecule has 0 bridgehead atoms. The molecular weight excluding hydrogens is 389 g/mol. The molecule has 1 amide bonds. The maximum absolute atomic E-state index is 12.0. The van der Waals surface area contributed by atoms with Crippen molar-refractivity contribution in [1.29, 1.82) is 0 Å². The lowest BCUT2D eigenvalue weighted by molar-refractivity contribution is -0.135. The van der Waals surface area contributed by atoms with Crippen LogP contribution in [0.1, 0.15) is 11.3 Å². The molecule has 1 aliphatic heterocycles. The van der Waals surface area contributed by atoms with Crippen molar-refractivity contribution in [3.8, 4) is 16.9 Å². The predicted molar refractivity (Wildman–Crippen MR) is 104 cm³/mol. The van der Waals surface area contributed by atoms with Crippen LogP contribution in [0.4, 0.5) is 0 Å². The fraction of sp³-hybridized carbons (Fsp3) is 0.263. The topological polar surface area (TPSA) is 78.5 Å². The number of halogens is 2. The van der Waals surface area contributed by atoms with E-state index in [-0.39, 0.29) is 5.91 Å². The highest BCUT2D eigenvalue weighted by Crippen LogP contribution is 2.44. The van der Waals surface area contributed by atoms with E-state index in [0.29, 0.717) is 35.3 Å². The van der Waals surface area contributed by atoms with Crippen LogP contribution in [-0.2, 0) is 17.8 Å². The number of aromatic nitrogens is 2. The average Bonchev–Trinajstić information content (AvgIpc) is 3.09. The standard InChI is InChI=1S/C19H17Cl2N3O3/c1-27-15-7-22-4-2-10(15)11-6-13(20)18(21)19-17(11)12-8-24(16(26)9-25)5-3-14(12)23-19/h2,4,6-7,23,25H,3,5,8-9H2,1H3. The summed E-state index contributed by atoms with van der Waals surface area (Å²) in [5, 5.41) is 11.0. The number of H-pyrrole nitrogens is 1. The molecule has 3 heterocycles. The third kappa shape index (κ3) is 2.94. The molecule has 0 spiro atoms. The summed E-state index contributed by atoms with van der Waals surface area (Å²) in [5.74, 6) is 0.323. The van der Waals surface area contributed by atoms with Gasteiger partial charge in [-0.15, -0.1) is 0 Å². The Morgan fingerprint density at radius 3 is 2.96 bits per heavy atom. The van der Waals surface area contributed by atoms with E-state index < -0.39 is 6.61 Å². The molecule has 0 saturated carbocycles. The summed E-state index contributed by atoms with van der Waals surface area (Å²) in [6.45, 7) is 0.431. The van der Waals surface area contributed by atoms with Crippen molar-refractivity contribution in [3.05, 3.63) is 45.8 Å². The summed E-state index contributed by atoms with van der Waals surface area (Å²) in [6, 6.07) is 3.67. The lowest BCUT2D eigenvalue weighted by atomic mass is 9.96. The van der Waals surface area contributed by atoms with Gasteiger partial charge >= 0.3 is 0 Å². The molecule has 6 nitrogen and oxygen atoms in total. The summed E-state index contributed by atoms with van der Waals surface area (Å²) in [6.07, 6.45) is 3.98. The molecule has 0 radical (unpaired) electrons. The van der Waals surface area contributed by atoms with Crippen LogP contribution in [0, 0.1) is 0 Å². The van der Waals surface area contributed by atoms with Gasteiger partial charge in [0.25, 0.3) is 0 Å². The molecule has 0 atom stereocenters. The number of aromatic amines is 1. The number of aliphatic hydroxyl groups is 1. The van der Waals surface area contributed by atoms with Crippen molar-refractivity contribution < 1.29 is 14.6 Å². The second-order valence-electron chi connectivity index (χ2n) is 6.35. The molecule has 3 aromatic rings. The van der Waals surface area contributed by atoms with Gasteiger partial charge in [-0.05, 0) is 17.7 Å². The number of amides is 1. The smallest absolute Gasteiger partial charge is 0.248 e. The molecule has 140 valence electrons. The number of carbonyl (C=O) groups excluding carboxylic acids is 1. The summed E-state index contributed by atoms with van der Waals surface area (Å²) in [4.78, 5) is 21.1. The van der Waals surface area contributed by atoms with Gasteiger partial charge in [-0.2, -0.15) is 0 Å². The van der Waals surface area contributed by atoms with Crippen LogP contribution in [0.25, 0.3) is 22.0 Å². The van der Waals surface area contributed by atoms with Crippen LogP contribution in [0.3, 0.4) is 0 Å². The predicted octanol–water partition coefficient (Wildman–Crippen LogP) is 3.42. The van der Waals surface area contributed by atoms with Crippen molar-refractivity contribution in [3.63, 3.8) is 0 Å². The second kappa shape index (κ2) is 7.03. The van der Waals surface area contributed by atoms with Crippen molar-refractivity contribution in [1.82, 2.24) is 14.9 Å². The van der Waals surface area contributed by atoms with Crippen molar-refractivity contribution in [2.24, 2.45) is 0 Å². The number of nitrogens with one attached hydrogen (secondary N) is 1. The van der Waals surface area contributed by atoms with E-state index in [1.807, 2.05) is 12.1 Å². The second-order valence-corrected chi connectivity index (χ2v) is 7.14. The number of aliphatic hydroxyl groups excluding tert-OH is 1. The molecule has 27 heavy (non-hydrogen) atoms. The lowest BCUT2D eigenvalue weighted by Crippen LogP contribution is -2.37. The molecule has 2 aromatic heterocycles. The Labute approximate surface area is 165 Å². The number of fused-ring (bicyclic) bond motifs is 3. The number of ether oxygens (including phenoxy) is 1. The zero-order chi connectivity index (χ0) is 19.1. The normalized spacial score (nSPS) is 13.7. The third-order valence-corrected chi connectivity index (χ3v) is 5.71. The first-order valence-electron chi connectivity index (χ1n) is 8.43. The van der Waals surface area contributed by atoms with Crippen LogP contribution in [-0.4, -0.2) is 46.1 Å². The van der Waals surface area contributed by atoms with Crippen LogP contribution in [0.2, 0.25) is 10.0 Å². The van der Waals surface area contributed by atoms with E-state index >= 15 is 0 Å². The number of hydrogen-bond acceptors (Lipinski definition) is 4. The van der Waals surface area contributed by atoms with E-state index in [4.69, 9.17) is 27.9 Å². The van der Waals surface area contributed by atoms with E-state index in [9.17, 15) is 9.90 Å². The molecule has 0 saturated heterocycles. The van der Waals surface area contributed by atoms with Gasteiger partial charge in [0.05, 0.1) is 28.9 Å². The number of rotatable bonds is 3. The highest BCUT2D eigenvalue weighted by atomic mass is 35.5. The first kappa shape index (κ1) is 18.1. The number of hydrogen-bond donors (Lipinski definition) is 2. The number of carbonyl (C=O) groups is 1. The fourth-order valence-electron chi connectivity index (χ4n) is 3.63. The number of methoxy groups -OCH3 is 1. The Morgan fingerprint density at radius 2 is 2.22 bits per heavy atom. The molecule has 4 rings (SSSR count). The number of benzene rings is 1. The van der Waals surface area contributed by atoms with Gasteiger partial charge in [0, 0.05) is 47.9 Å². The zero-order valence-corrected chi connectivity index (χ0v) is 16.1.